The van der Waals surface area contributed by atoms with E-state index in [1.54, 1.807) is 0 Å². The summed E-state index contributed by atoms with van der Waals surface area (Å²) in [5.74, 6) is 1.10. The summed E-state index contributed by atoms with van der Waals surface area (Å²) in [4.78, 5) is 9.49. The van der Waals surface area contributed by atoms with Gasteiger partial charge in [0.15, 0.2) is 5.65 Å². The fourth-order valence-electron chi connectivity index (χ4n) is 3.46. The summed E-state index contributed by atoms with van der Waals surface area (Å²) < 4.78 is 2.32. The minimum Gasteiger partial charge on any atom is -0.297 e. The van der Waals surface area contributed by atoms with Gasteiger partial charge >= 0.3 is 0 Å². The van der Waals surface area contributed by atoms with E-state index in [4.69, 9.17) is 4.98 Å². The standard InChI is InChI=1S/C19H22N4/c1-14-7-2-3-8-15(14)13-18-22-16-9-6-12-21-19(16)23(18)17-10-4-5-11-20-17/h2-3,6-9,12,17,20H,4-5,10-11,13H2,1H3. The number of piperidine rings is 1. The molecule has 0 radical (unpaired) electrons. The van der Waals surface area contributed by atoms with Crippen molar-refractivity contribution in [2.45, 2.75) is 38.8 Å². The van der Waals surface area contributed by atoms with Crippen LogP contribution >= 0.6 is 0 Å². The van der Waals surface area contributed by atoms with Crippen LogP contribution in [-0.4, -0.2) is 21.1 Å². The smallest absolute Gasteiger partial charge is 0.161 e. The van der Waals surface area contributed by atoms with Crippen LogP contribution in [0.1, 0.15) is 42.4 Å². The first-order chi connectivity index (χ1) is 11.3. The molecule has 1 unspecified atom stereocenters. The van der Waals surface area contributed by atoms with Crippen LogP contribution < -0.4 is 5.32 Å². The van der Waals surface area contributed by atoms with Crippen molar-refractivity contribution in [1.82, 2.24) is 19.9 Å². The predicted molar refractivity (Wildman–Crippen MR) is 92.4 cm³/mol. The Morgan fingerprint density at radius 1 is 1.17 bits per heavy atom. The van der Waals surface area contributed by atoms with Crippen LogP contribution in [0.5, 0.6) is 0 Å². The predicted octanol–water partition coefficient (Wildman–Crippen LogP) is 3.60. The maximum atomic E-state index is 4.88. The van der Waals surface area contributed by atoms with E-state index in [0.717, 1.165) is 36.4 Å². The third kappa shape index (κ3) is 2.75. The molecule has 1 aliphatic rings. The van der Waals surface area contributed by atoms with Gasteiger partial charge in [0, 0.05) is 12.6 Å². The largest absolute Gasteiger partial charge is 0.297 e. The van der Waals surface area contributed by atoms with E-state index in [1.807, 2.05) is 12.3 Å². The van der Waals surface area contributed by atoms with Crippen molar-refractivity contribution < 1.29 is 0 Å². The molecule has 1 saturated heterocycles. The van der Waals surface area contributed by atoms with E-state index in [9.17, 15) is 0 Å². The van der Waals surface area contributed by atoms with E-state index in [2.05, 4.69) is 52.1 Å². The number of nitrogens with one attached hydrogen (secondary N) is 1. The van der Waals surface area contributed by atoms with E-state index in [0.29, 0.717) is 6.17 Å². The highest BCUT2D eigenvalue weighted by Gasteiger charge is 2.21. The molecule has 23 heavy (non-hydrogen) atoms. The van der Waals surface area contributed by atoms with Gasteiger partial charge in [0.25, 0.3) is 0 Å². The summed E-state index contributed by atoms with van der Waals surface area (Å²) in [6.07, 6.45) is 6.67. The van der Waals surface area contributed by atoms with Gasteiger partial charge < -0.3 is 0 Å². The van der Waals surface area contributed by atoms with Gasteiger partial charge in [-0.1, -0.05) is 24.3 Å². The molecule has 0 amide bonds. The molecule has 1 atom stereocenters. The molecule has 0 spiro atoms. The SMILES string of the molecule is Cc1ccccc1Cc1nc2cccnc2n1C1CCCCN1. The number of imidazole rings is 1. The molecule has 1 fully saturated rings. The normalized spacial score (nSPS) is 18.4. The molecule has 0 aliphatic carbocycles. The zero-order valence-corrected chi connectivity index (χ0v) is 13.5. The number of fused-ring (bicyclic) bond motifs is 1. The van der Waals surface area contributed by atoms with Crippen molar-refractivity contribution in [3.8, 4) is 0 Å². The van der Waals surface area contributed by atoms with Crippen LogP contribution in [0.4, 0.5) is 0 Å². The van der Waals surface area contributed by atoms with Crippen LogP contribution in [0.25, 0.3) is 11.2 Å². The van der Waals surface area contributed by atoms with Crippen LogP contribution in [0.2, 0.25) is 0 Å². The van der Waals surface area contributed by atoms with Gasteiger partial charge in [-0.25, -0.2) is 9.97 Å². The second-order valence-electron chi connectivity index (χ2n) is 6.31. The Balaban J connectivity index is 1.80. The van der Waals surface area contributed by atoms with E-state index in [-0.39, 0.29) is 0 Å². The topological polar surface area (TPSA) is 42.7 Å². The lowest BCUT2D eigenvalue weighted by molar-refractivity contribution is 0.320. The molecule has 0 saturated carbocycles. The summed E-state index contributed by atoms with van der Waals surface area (Å²) in [5.41, 5.74) is 4.63. The van der Waals surface area contributed by atoms with Crippen molar-refractivity contribution in [1.29, 1.82) is 0 Å². The quantitative estimate of drug-likeness (QED) is 0.804. The first-order valence-electron chi connectivity index (χ1n) is 8.42. The van der Waals surface area contributed by atoms with Gasteiger partial charge in [-0.3, -0.25) is 9.88 Å². The molecular formula is C19H22N4. The van der Waals surface area contributed by atoms with Crippen molar-refractivity contribution in [2.24, 2.45) is 0 Å². The minimum atomic E-state index is 0.308. The summed E-state index contributed by atoms with van der Waals surface area (Å²) in [5, 5.41) is 3.64. The second kappa shape index (κ2) is 6.13. The molecule has 2 aromatic heterocycles. The van der Waals surface area contributed by atoms with Gasteiger partial charge in [0.2, 0.25) is 0 Å². The van der Waals surface area contributed by atoms with Gasteiger partial charge in [-0.15, -0.1) is 0 Å². The highest BCUT2D eigenvalue weighted by atomic mass is 15.2. The number of aryl methyl sites for hydroxylation is 1. The lowest BCUT2D eigenvalue weighted by Crippen LogP contribution is -2.32. The van der Waals surface area contributed by atoms with Crippen LogP contribution in [0.3, 0.4) is 0 Å². The van der Waals surface area contributed by atoms with Gasteiger partial charge in [-0.2, -0.15) is 0 Å². The monoisotopic (exact) mass is 306 g/mol. The highest BCUT2D eigenvalue weighted by molar-refractivity contribution is 5.71. The molecule has 1 N–H and O–H groups in total. The van der Waals surface area contributed by atoms with Gasteiger partial charge in [-0.05, 0) is 56.0 Å². The first-order valence-corrected chi connectivity index (χ1v) is 8.42. The van der Waals surface area contributed by atoms with Crippen molar-refractivity contribution in [2.75, 3.05) is 6.54 Å². The Bertz CT molecular complexity index is 815. The second-order valence-corrected chi connectivity index (χ2v) is 6.31. The summed E-state index contributed by atoms with van der Waals surface area (Å²) in [6, 6.07) is 12.6. The van der Waals surface area contributed by atoms with Crippen molar-refractivity contribution >= 4 is 11.2 Å². The minimum absolute atomic E-state index is 0.308. The summed E-state index contributed by atoms with van der Waals surface area (Å²) in [6.45, 7) is 3.24. The molecule has 3 heterocycles. The van der Waals surface area contributed by atoms with E-state index in [1.165, 1.54) is 24.0 Å². The number of hydrogen-bond donors (Lipinski definition) is 1. The van der Waals surface area contributed by atoms with Crippen LogP contribution in [0.15, 0.2) is 42.6 Å². The fourth-order valence-corrected chi connectivity index (χ4v) is 3.46. The molecule has 1 aromatic carbocycles. The zero-order valence-electron chi connectivity index (χ0n) is 13.5. The third-order valence-electron chi connectivity index (χ3n) is 4.73. The Morgan fingerprint density at radius 2 is 2.09 bits per heavy atom. The Kier molecular flexibility index (Phi) is 3.83. The number of rotatable bonds is 3. The van der Waals surface area contributed by atoms with Crippen LogP contribution in [0, 0.1) is 6.92 Å². The lowest BCUT2D eigenvalue weighted by atomic mass is 10.1. The molecular weight excluding hydrogens is 284 g/mol. The molecule has 4 heteroatoms. The van der Waals surface area contributed by atoms with Gasteiger partial charge in [0.05, 0.1) is 6.17 Å². The van der Waals surface area contributed by atoms with Gasteiger partial charge in [0.1, 0.15) is 11.3 Å². The average molecular weight is 306 g/mol. The first kappa shape index (κ1) is 14.4. The Morgan fingerprint density at radius 3 is 2.91 bits per heavy atom. The molecule has 0 bridgehead atoms. The van der Waals surface area contributed by atoms with E-state index >= 15 is 0 Å². The van der Waals surface area contributed by atoms with E-state index < -0.39 is 0 Å². The number of benzene rings is 1. The number of aromatic nitrogens is 3. The molecule has 118 valence electrons. The Labute approximate surface area is 136 Å². The maximum absolute atomic E-state index is 4.88. The Hall–Kier alpha value is -2.20. The summed E-state index contributed by atoms with van der Waals surface area (Å²) in [7, 11) is 0. The van der Waals surface area contributed by atoms with Crippen LogP contribution in [-0.2, 0) is 6.42 Å². The molecule has 4 nitrogen and oxygen atoms in total. The number of nitrogens with zero attached hydrogens (tertiary/aromatic N) is 3. The molecule has 4 rings (SSSR count). The lowest BCUT2D eigenvalue weighted by Gasteiger charge is -2.26. The average Bonchev–Trinajstić information content (AvgIpc) is 2.95. The third-order valence-corrected chi connectivity index (χ3v) is 4.73. The number of pyridine rings is 1. The summed E-state index contributed by atoms with van der Waals surface area (Å²) >= 11 is 0. The molecule has 3 aromatic rings. The number of hydrogen-bond acceptors (Lipinski definition) is 3. The maximum Gasteiger partial charge on any atom is 0.161 e. The van der Waals surface area contributed by atoms with Crippen molar-refractivity contribution in [3.63, 3.8) is 0 Å². The fraction of sp³-hybridized carbons (Fsp3) is 0.368. The molecule has 1 aliphatic heterocycles. The zero-order chi connectivity index (χ0) is 15.6. The highest BCUT2D eigenvalue weighted by Crippen LogP contribution is 2.26. The van der Waals surface area contributed by atoms with Crippen molar-refractivity contribution in [3.05, 3.63) is 59.5 Å².